The van der Waals surface area contributed by atoms with Crippen molar-refractivity contribution in [2.24, 2.45) is 0 Å². The molecule has 0 heterocycles. The SMILES string of the molecule is CCN(CC)CCNC(=O)c1ccc(C(Sc2ccccc2)c2ccc(O)cc2)cc1OC. The molecule has 1 amide bonds. The number of nitrogens with zero attached hydrogens (tertiary/aromatic N) is 1. The fourth-order valence-corrected chi connectivity index (χ4v) is 4.80. The molecule has 0 saturated heterocycles. The summed E-state index contributed by atoms with van der Waals surface area (Å²) in [6.45, 7) is 7.56. The number of hydrogen-bond acceptors (Lipinski definition) is 5. The summed E-state index contributed by atoms with van der Waals surface area (Å²) < 4.78 is 5.61. The number of phenols is 1. The van der Waals surface area contributed by atoms with Crippen molar-refractivity contribution in [3.8, 4) is 11.5 Å². The van der Waals surface area contributed by atoms with E-state index in [1.54, 1.807) is 31.0 Å². The van der Waals surface area contributed by atoms with E-state index in [0.717, 1.165) is 35.7 Å². The smallest absolute Gasteiger partial charge is 0.255 e. The molecule has 2 N–H and O–H groups in total. The van der Waals surface area contributed by atoms with E-state index in [9.17, 15) is 9.90 Å². The van der Waals surface area contributed by atoms with Gasteiger partial charge in [0.1, 0.15) is 11.5 Å². The van der Waals surface area contributed by atoms with Crippen LogP contribution in [-0.2, 0) is 0 Å². The van der Waals surface area contributed by atoms with Crippen LogP contribution in [0.1, 0.15) is 40.6 Å². The Bertz CT molecular complexity index is 1020. The van der Waals surface area contributed by atoms with Crippen LogP contribution in [0.5, 0.6) is 11.5 Å². The second kappa shape index (κ2) is 12.3. The van der Waals surface area contributed by atoms with E-state index in [4.69, 9.17) is 4.74 Å². The number of aromatic hydroxyl groups is 1. The predicted octanol–water partition coefficient (Wildman–Crippen LogP) is 5.35. The highest BCUT2D eigenvalue weighted by Gasteiger charge is 2.20. The molecule has 6 heteroatoms. The van der Waals surface area contributed by atoms with E-state index in [1.807, 2.05) is 48.5 Å². The second-order valence-corrected chi connectivity index (χ2v) is 8.82. The number of phenolic OH excluding ortho intramolecular Hbond substituents is 1. The van der Waals surface area contributed by atoms with Crippen LogP contribution >= 0.6 is 11.8 Å². The van der Waals surface area contributed by atoms with E-state index < -0.39 is 0 Å². The molecule has 33 heavy (non-hydrogen) atoms. The highest BCUT2D eigenvalue weighted by atomic mass is 32.2. The van der Waals surface area contributed by atoms with Crippen molar-refractivity contribution in [2.45, 2.75) is 24.0 Å². The van der Waals surface area contributed by atoms with Crippen molar-refractivity contribution in [3.05, 3.63) is 89.5 Å². The Balaban J connectivity index is 1.85. The van der Waals surface area contributed by atoms with Crippen molar-refractivity contribution in [2.75, 3.05) is 33.3 Å². The van der Waals surface area contributed by atoms with Crippen LogP contribution in [0.4, 0.5) is 0 Å². The Kier molecular flexibility index (Phi) is 9.22. The average molecular weight is 465 g/mol. The minimum Gasteiger partial charge on any atom is -0.508 e. The van der Waals surface area contributed by atoms with Crippen molar-refractivity contribution in [1.29, 1.82) is 0 Å². The fourth-order valence-electron chi connectivity index (χ4n) is 3.63. The topological polar surface area (TPSA) is 61.8 Å². The molecule has 3 aromatic carbocycles. The van der Waals surface area contributed by atoms with Crippen LogP contribution < -0.4 is 10.1 Å². The lowest BCUT2D eigenvalue weighted by molar-refractivity contribution is 0.0946. The quantitative estimate of drug-likeness (QED) is 0.374. The minimum absolute atomic E-state index is 0.0262. The normalized spacial score (nSPS) is 11.9. The van der Waals surface area contributed by atoms with Gasteiger partial charge in [-0.1, -0.05) is 50.2 Å². The van der Waals surface area contributed by atoms with Gasteiger partial charge in [0, 0.05) is 18.0 Å². The number of ether oxygens (including phenoxy) is 1. The molecule has 0 aliphatic heterocycles. The van der Waals surface area contributed by atoms with E-state index in [1.165, 1.54) is 0 Å². The zero-order chi connectivity index (χ0) is 23.6. The van der Waals surface area contributed by atoms with Gasteiger partial charge >= 0.3 is 0 Å². The van der Waals surface area contributed by atoms with Crippen LogP contribution in [0.25, 0.3) is 0 Å². The molecule has 174 valence electrons. The first-order valence-corrected chi connectivity index (χ1v) is 12.1. The highest BCUT2D eigenvalue weighted by Crippen LogP contribution is 2.42. The number of carbonyl (C=O) groups is 1. The third-order valence-corrected chi connectivity index (χ3v) is 6.90. The third-order valence-electron chi connectivity index (χ3n) is 5.57. The second-order valence-electron chi connectivity index (χ2n) is 7.64. The molecule has 0 aliphatic rings. The maximum atomic E-state index is 12.8. The molecule has 0 aromatic heterocycles. The van der Waals surface area contributed by atoms with Gasteiger partial charge in [-0.15, -0.1) is 11.8 Å². The summed E-state index contributed by atoms with van der Waals surface area (Å²) in [4.78, 5) is 16.2. The number of benzene rings is 3. The third kappa shape index (κ3) is 6.76. The van der Waals surface area contributed by atoms with Crippen LogP contribution in [0.15, 0.2) is 77.7 Å². The molecule has 3 rings (SSSR count). The minimum atomic E-state index is -0.137. The van der Waals surface area contributed by atoms with Crippen molar-refractivity contribution < 1.29 is 14.6 Å². The summed E-state index contributed by atoms with van der Waals surface area (Å²) in [5, 5.41) is 12.7. The van der Waals surface area contributed by atoms with Crippen molar-refractivity contribution in [3.63, 3.8) is 0 Å². The number of carbonyl (C=O) groups excluding carboxylic acids is 1. The molecule has 0 fully saturated rings. The molecule has 0 radical (unpaired) electrons. The lowest BCUT2D eigenvalue weighted by Crippen LogP contribution is -2.34. The van der Waals surface area contributed by atoms with Gasteiger partial charge in [0.05, 0.1) is 17.9 Å². The lowest BCUT2D eigenvalue weighted by atomic mass is 10.0. The maximum absolute atomic E-state index is 12.8. The molecule has 0 spiro atoms. The van der Waals surface area contributed by atoms with Gasteiger partial charge < -0.3 is 20.1 Å². The zero-order valence-corrected chi connectivity index (χ0v) is 20.3. The van der Waals surface area contributed by atoms with E-state index >= 15 is 0 Å². The average Bonchev–Trinajstić information content (AvgIpc) is 2.86. The summed E-state index contributed by atoms with van der Waals surface area (Å²) in [5.74, 6) is 0.643. The van der Waals surface area contributed by atoms with Gasteiger partial charge in [-0.2, -0.15) is 0 Å². The first kappa shape index (κ1) is 24.7. The van der Waals surface area contributed by atoms with Gasteiger partial charge in [-0.25, -0.2) is 0 Å². The molecule has 1 atom stereocenters. The Morgan fingerprint density at radius 3 is 2.30 bits per heavy atom. The predicted molar refractivity (Wildman–Crippen MR) is 135 cm³/mol. The summed E-state index contributed by atoms with van der Waals surface area (Å²) in [7, 11) is 1.59. The molecule has 3 aromatic rings. The highest BCUT2D eigenvalue weighted by molar-refractivity contribution is 7.99. The summed E-state index contributed by atoms with van der Waals surface area (Å²) in [6.07, 6.45) is 0. The van der Waals surface area contributed by atoms with Crippen molar-refractivity contribution in [1.82, 2.24) is 10.2 Å². The summed E-state index contributed by atoms with van der Waals surface area (Å²) in [5.41, 5.74) is 2.60. The number of amides is 1. The maximum Gasteiger partial charge on any atom is 0.255 e. The van der Waals surface area contributed by atoms with E-state index in [0.29, 0.717) is 17.9 Å². The van der Waals surface area contributed by atoms with Crippen LogP contribution in [0.2, 0.25) is 0 Å². The molecule has 1 unspecified atom stereocenters. The van der Waals surface area contributed by atoms with Gasteiger partial charge in [-0.05, 0) is 60.6 Å². The largest absolute Gasteiger partial charge is 0.508 e. The van der Waals surface area contributed by atoms with Crippen LogP contribution in [-0.4, -0.2) is 49.2 Å². The zero-order valence-electron chi connectivity index (χ0n) is 19.5. The van der Waals surface area contributed by atoms with Gasteiger partial charge in [0.15, 0.2) is 0 Å². The fraction of sp³-hybridized carbons (Fsp3) is 0.296. The van der Waals surface area contributed by atoms with Crippen LogP contribution in [0, 0.1) is 0 Å². The molecule has 0 bridgehead atoms. The number of likely N-dealkylation sites (N-methyl/N-ethyl adjacent to an activating group) is 1. The Labute approximate surface area is 200 Å². The van der Waals surface area contributed by atoms with Gasteiger partial charge in [0.2, 0.25) is 0 Å². The first-order chi connectivity index (χ1) is 16.0. The molecule has 0 saturated carbocycles. The van der Waals surface area contributed by atoms with Gasteiger partial charge in [0.25, 0.3) is 5.91 Å². The Morgan fingerprint density at radius 2 is 1.67 bits per heavy atom. The van der Waals surface area contributed by atoms with E-state index in [2.05, 4.69) is 36.2 Å². The Hall–Kier alpha value is -2.96. The molecular weight excluding hydrogens is 432 g/mol. The number of hydrogen-bond donors (Lipinski definition) is 2. The number of methoxy groups -OCH3 is 1. The summed E-state index contributed by atoms with van der Waals surface area (Å²) >= 11 is 1.71. The number of thioether (sulfide) groups is 1. The van der Waals surface area contributed by atoms with Gasteiger partial charge in [-0.3, -0.25) is 4.79 Å². The lowest BCUT2D eigenvalue weighted by Gasteiger charge is -2.20. The molecule has 0 aliphatic carbocycles. The van der Waals surface area contributed by atoms with Crippen molar-refractivity contribution >= 4 is 17.7 Å². The summed E-state index contributed by atoms with van der Waals surface area (Å²) in [6, 6.07) is 23.2. The molecule has 5 nitrogen and oxygen atoms in total. The standard InChI is InChI=1S/C27H32N2O3S/c1-4-29(5-2)18-17-28-27(31)24-16-13-21(19-25(24)32-3)26(20-11-14-22(30)15-12-20)33-23-9-7-6-8-10-23/h6-16,19,26,30H,4-5,17-18H2,1-3H3,(H,28,31). The first-order valence-electron chi connectivity index (χ1n) is 11.2. The van der Waals surface area contributed by atoms with E-state index in [-0.39, 0.29) is 16.9 Å². The molecular formula is C27H32N2O3S. The monoisotopic (exact) mass is 464 g/mol. The van der Waals surface area contributed by atoms with Crippen LogP contribution in [0.3, 0.4) is 0 Å². The number of nitrogens with one attached hydrogen (secondary N) is 1. The Morgan fingerprint density at radius 1 is 1.00 bits per heavy atom. The number of rotatable bonds is 11.